The highest BCUT2D eigenvalue weighted by molar-refractivity contribution is 4.81. The van der Waals surface area contributed by atoms with Crippen molar-refractivity contribution in [3.05, 3.63) is 12.2 Å². The molecule has 0 saturated heterocycles. The SMILES string of the molecule is CCCCCC/C=C\CCCCCCCOCCC. The maximum absolute atomic E-state index is 5.47. The summed E-state index contributed by atoms with van der Waals surface area (Å²) < 4.78 is 5.47. The molecule has 0 rings (SSSR count). The summed E-state index contributed by atoms with van der Waals surface area (Å²) in [6, 6.07) is 0. The van der Waals surface area contributed by atoms with Crippen molar-refractivity contribution in [2.75, 3.05) is 13.2 Å². The van der Waals surface area contributed by atoms with Crippen molar-refractivity contribution in [1.29, 1.82) is 0 Å². The molecule has 0 aromatic carbocycles. The lowest BCUT2D eigenvalue weighted by molar-refractivity contribution is 0.130. The minimum Gasteiger partial charge on any atom is -0.381 e. The quantitative estimate of drug-likeness (QED) is 0.251. The molecule has 0 aliphatic rings. The highest BCUT2D eigenvalue weighted by Crippen LogP contribution is 2.07. The van der Waals surface area contributed by atoms with Gasteiger partial charge in [-0.2, -0.15) is 0 Å². The third kappa shape index (κ3) is 17.7. The zero-order valence-electron chi connectivity index (χ0n) is 13.5. The largest absolute Gasteiger partial charge is 0.381 e. The van der Waals surface area contributed by atoms with Crippen LogP contribution >= 0.6 is 0 Å². The average molecular weight is 268 g/mol. The van der Waals surface area contributed by atoms with Gasteiger partial charge in [-0.1, -0.05) is 64.5 Å². The van der Waals surface area contributed by atoms with Crippen LogP contribution in [0.4, 0.5) is 0 Å². The van der Waals surface area contributed by atoms with E-state index in [-0.39, 0.29) is 0 Å². The molecule has 1 nitrogen and oxygen atoms in total. The van der Waals surface area contributed by atoms with E-state index in [9.17, 15) is 0 Å². The lowest BCUT2D eigenvalue weighted by atomic mass is 10.1. The summed E-state index contributed by atoms with van der Waals surface area (Å²) in [4.78, 5) is 0. The molecule has 19 heavy (non-hydrogen) atoms. The smallest absolute Gasteiger partial charge is 0.0466 e. The zero-order valence-corrected chi connectivity index (χ0v) is 13.5. The molecule has 0 amide bonds. The number of allylic oxidation sites excluding steroid dienone is 2. The summed E-state index contributed by atoms with van der Waals surface area (Å²) in [5, 5.41) is 0. The Morgan fingerprint density at radius 2 is 1.16 bits per heavy atom. The Morgan fingerprint density at radius 3 is 1.79 bits per heavy atom. The first-order valence-electron chi connectivity index (χ1n) is 8.64. The maximum atomic E-state index is 5.47. The van der Waals surface area contributed by atoms with Gasteiger partial charge in [-0.25, -0.2) is 0 Å². The first-order chi connectivity index (χ1) is 9.41. The molecule has 0 N–H and O–H groups in total. The highest BCUT2D eigenvalue weighted by atomic mass is 16.5. The molecule has 1 heteroatoms. The van der Waals surface area contributed by atoms with Crippen LogP contribution in [0.1, 0.15) is 90.9 Å². The molecule has 0 aliphatic heterocycles. The van der Waals surface area contributed by atoms with Gasteiger partial charge in [-0.05, 0) is 38.5 Å². The number of hydrogen-bond acceptors (Lipinski definition) is 1. The van der Waals surface area contributed by atoms with E-state index in [0.717, 1.165) is 19.6 Å². The van der Waals surface area contributed by atoms with Crippen molar-refractivity contribution < 1.29 is 4.74 Å². The van der Waals surface area contributed by atoms with Crippen molar-refractivity contribution in [2.45, 2.75) is 90.9 Å². The third-order valence-electron chi connectivity index (χ3n) is 3.40. The molecule has 0 aromatic rings. The predicted molar refractivity (Wildman–Crippen MR) is 86.7 cm³/mol. The monoisotopic (exact) mass is 268 g/mol. The highest BCUT2D eigenvalue weighted by Gasteiger charge is 1.91. The van der Waals surface area contributed by atoms with Crippen molar-refractivity contribution in [1.82, 2.24) is 0 Å². The van der Waals surface area contributed by atoms with Crippen molar-refractivity contribution in [3.8, 4) is 0 Å². The van der Waals surface area contributed by atoms with Crippen LogP contribution in [0.15, 0.2) is 12.2 Å². The summed E-state index contributed by atoms with van der Waals surface area (Å²) in [7, 11) is 0. The Kier molecular flexibility index (Phi) is 17.4. The molecule has 0 atom stereocenters. The summed E-state index contributed by atoms with van der Waals surface area (Å²) in [5.41, 5.74) is 0. The number of rotatable bonds is 15. The lowest BCUT2D eigenvalue weighted by Crippen LogP contribution is -1.95. The van der Waals surface area contributed by atoms with Gasteiger partial charge in [0.15, 0.2) is 0 Å². The van der Waals surface area contributed by atoms with E-state index >= 15 is 0 Å². The Hall–Kier alpha value is -0.300. The van der Waals surface area contributed by atoms with E-state index in [4.69, 9.17) is 4.74 Å². The lowest BCUT2D eigenvalue weighted by Gasteiger charge is -2.02. The van der Waals surface area contributed by atoms with Crippen LogP contribution in [-0.2, 0) is 4.74 Å². The molecule has 0 aliphatic carbocycles. The normalized spacial score (nSPS) is 11.5. The second-order valence-electron chi connectivity index (χ2n) is 5.49. The van der Waals surface area contributed by atoms with Crippen molar-refractivity contribution >= 4 is 0 Å². The van der Waals surface area contributed by atoms with Crippen LogP contribution in [0, 0.1) is 0 Å². The molecule has 0 unspecified atom stereocenters. The second kappa shape index (κ2) is 17.7. The minimum absolute atomic E-state index is 0.934. The van der Waals surface area contributed by atoms with Crippen LogP contribution in [-0.4, -0.2) is 13.2 Å². The Labute approximate surface area is 121 Å². The summed E-state index contributed by atoms with van der Waals surface area (Å²) >= 11 is 0. The molecule has 0 spiro atoms. The van der Waals surface area contributed by atoms with Crippen LogP contribution in [0.25, 0.3) is 0 Å². The third-order valence-corrected chi connectivity index (χ3v) is 3.40. The molecular weight excluding hydrogens is 232 g/mol. The van der Waals surface area contributed by atoms with Crippen molar-refractivity contribution in [3.63, 3.8) is 0 Å². The fraction of sp³-hybridized carbons (Fsp3) is 0.889. The first-order valence-corrected chi connectivity index (χ1v) is 8.64. The Bertz CT molecular complexity index is 175. The van der Waals surface area contributed by atoms with E-state index in [1.54, 1.807) is 0 Å². The van der Waals surface area contributed by atoms with E-state index < -0.39 is 0 Å². The molecule has 114 valence electrons. The van der Waals surface area contributed by atoms with E-state index in [2.05, 4.69) is 26.0 Å². The van der Waals surface area contributed by atoms with E-state index in [1.165, 1.54) is 70.6 Å². The maximum Gasteiger partial charge on any atom is 0.0466 e. The number of unbranched alkanes of at least 4 members (excludes halogenated alkanes) is 9. The summed E-state index contributed by atoms with van der Waals surface area (Å²) in [6.45, 7) is 6.33. The minimum atomic E-state index is 0.934. The van der Waals surface area contributed by atoms with Gasteiger partial charge >= 0.3 is 0 Å². The molecule has 0 aromatic heterocycles. The zero-order chi connectivity index (χ0) is 14.0. The fourth-order valence-corrected chi connectivity index (χ4v) is 2.17. The summed E-state index contributed by atoms with van der Waals surface area (Å²) in [5.74, 6) is 0. The van der Waals surface area contributed by atoms with Gasteiger partial charge in [-0.3, -0.25) is 0 Å². The Balaban J connectivity index is 2.99. The topological polar surface area (TPSA) is 9.23 Å². The molecule has 0 bridgehead atoms. The van der Waals surface area contributed by atoms with Gasteiger partial charge in [-0.15, -0.1) is 0 Å². The standard InChI is InChI=1S/C18H36O/c1-3-5-6-7-8-9-10-11-12-13-14-15-16-18-19-17-4-2/h9-10H,3-8,11-18H2,1-2H3/b10-9-. The van der Waals surface area contributed by atoms with Crippen LogP contribution in [0.2, 0.25) is 0 Å². The van der Waals surface area contributed by atoms with Gasteiger partial charge < -0.3 is 4.74 Å². The molecular formula is C18H36O. The van der Waals surface area contributed by atoms with Gasteiger partial charge in [0.2, 0.25) is 0 Å². The molecule has 0 radical (unpaired) electrons. The summed E-state index contributed by atoms with van der Waals surface area (Å²) in [6.07, 6.45) is 20.7. The van der Waals surface area contributed by atoms with Crippen LogP contribution in [0.5, 0.6) is 0 Å². The van der Waals surface area contributed by atoms with Gasteiger partial charge in [0, 0.05) is 13.2 Å². The molecule has 0 saturated carbocycles. The van der Waals surface area contributed by atoms with Crippen molar-refractivity contribution in [2.24, 2.45) is 0 Å². The van der Waals surface area contributed by atoms with Gasteiger partial charge in [0.25, 0.3) is 0 Å². The molecule has 0 fully saturated rings. The van der Waals surface area contributed by atoms with Crippen LogP contribution in [0.3, 0.4) is 0 Å². The number of ether oxygens (including phenoxy) is 1. The first kappa shape index (κ1) is 18.7. The molecule has 0 heterocycles. The van der Waals surface area contributed by atoms with E-state index in [1.807, 2.05) is 0 Å². The van der Waals surface area contributed by atoms with Gasteiger partial charge in [0.05, 0.1) is 0 Å². The second-order valence-corrected chi connectivity index (χ2v) is 5.49. The Morgan fingerprint density at radius 1 is 0.579 bits per heavy atom. The van der Waals surface area contributed by atoms with Gasteiger partial charge in [0.1, 0.15) is 0 Å². The van der Waals surface area contributed by atoms with E-state index in [0.29, 0.717) is 0 Å². The van der Waals surface area contributed by atoms with Crippen LogP contribution < -0.4 is 0 Å². The number of hydrogen-bond donors (Lipinski definition) is 0. The fourth-order valence-electron chi connectivity index (χ4n) is 2.17. The average Bonchev–Trinajstić information content (AvgIpc) is 2.43. The predicted octanol–water partition coefficient (Wildman–Crippen LogP) is 6.28.